The van der Waals surface area contributed by atoms with Crippen molar-refractivity contribution in [3.05, 3.63) is 71.5 Å². The number of benzene rings is 2. The van der Waals surface area contributed by atoms with E-state index >= 15 is 0 Å². The van der Waals surface area contributed by atoms with Crippen molar-refractivity contribution < 1.29 is 37.3 Å². The molecule has 0 saturated heterocycles. The Morgan fingerprint density at radius 2 is 1.68 bits per heavy atom. The van der Waals surface area contributed by atoms with E-state index < -0.39 is 42.8 Å². The molecule has 0 saturated carbocycles. The van der Waals surface area contributed by atoms with Crippen molar-refractivity contribution in [3.8, 4) is 11.5 Å². The van der Waals surface area contributed by atoms with Crippen molar-refractivity contribution in [2.75, 3.05) is 19.8 Å². The first-order valence-electron chi connectivity index (χ1n) is 10.1. The molecule has 2 aromatic rings. The molecule has 0 aliphatic heterocycles. The van der Waals surface area contributed by atoms with E-state index in [0.29, 0.717) is 0 Å². The van der Waals surface area contributed by atoms with E-state index in [1.165, 1.54) is 42.5 Å². The van der Waals surface area contributed by atoms with E-state index in [-0.39, 0.29) is 41.7 Å². The average Bonchev–Trinajstić information content (AvgIpc) is 2.82. The molecule has 7 nitrogen and oxygen atoms in total. The Bertz CT molecular complexity index is 976. The van der Waals surface area contributed by atoms with E-state index in [1.807, 2.05) is 0 Å². The number of alkyl halides is 2. The lowest BCUT2D eigenvalue weighted by Crippen LogP contribution is -2.42. The molecular formula is C23H24ClF3N2O5. The zero-order valence-electron chi connectivity index (χ0n) is 18.0. The van der Waals surface area contributed by atoms with Gasteiger partial charge >= 0.3 is 0 Å². The molecule has 0 aliphatic rings. The highest BCUT2D eigenvalue weighted by Gasteiger charge is 2.16. The van der Waals surface area contributed by atoms with Gasteiger partial charge in [-0.15, -0.1) is 6.58 Å². The Balaban J connectivity index is 1.68. The van der Waals surface area contributed by atoms with Crippen LogP contribution >= 0.6 is 11.6 Å². The fourth-order valence-corrected chi connectivity index (χ4v) is 2.81. The third kappa shape index (κ3) is 9.32. The molecule has 2 aromatic carbocycles. The molecule has 11 heteroatoms. The van der Waals surface area contributed by atoms with Crippen LogP contribution in [0.2, 0.25) is 5.02 Å². The summed E-state index contributed by atoms with van der Waals surface area (Å²) in [4.78, 5) is 23.9. The molecule has 3 N–H and O–H groups in total. The highest BCUT2D eigenvalue weighted by molar-refractivity contribution is 6.30. The number of aliphatic hydroxyl groups excluding tert-OH is 1. The second-order valence-electron chi connectivity index (χ2n) is 7.13. The Morgan fingerprint density at radius 1 is 1.06 bits per heavy atom. The predicted octanol–water partition coefficient (Wildman–Crippen LogP) is 3.41. The molecule has 2 atom stereocenters. The number of nitrogens with one attached hydrogen (secondary N) is 2. The van der Waals surface area contributed by atoms with E-state index in [9.17, 15) is 27.9 Å². The molecule has 0 fully saturated rings. The molecule has 0 aromatic heterocycles. The molecule has 0 heterocycles. The minimum atomic E-state index is -2.59. The predicted molar refractivity (Wildman–Crippen MR) is 120 cm³/mol. The van der Waals surface area contributed by atoms with Crippen LogP contribution in [0.25, 0.3) is 0 Å². The second kappa shape index (κ2) is 13.5. The molecule has 34 heavy (non-hydrogen) atoms. The van der Waals surface area contributed by atoms with Gasteiger partial charge in [0.25, 0.3) is 18.2 Å². The summed E-state index contributed by atoms with van der Waals surface area (Å²) >= 11 is 5.57. The van der Waals surface area contributed by atoms with Crippen LogP contribution in [0.4, 0.5) is 13.2 Å². The number of carbonyl (C=O) groups is 2. The molecule has 2 amide bonds. The largest absolute Gasteiger partial charge is 0.484 e. The van der Waals surface area contributed by atoms with Crippen molar-refractivity contribution in [2.45, 2.75) is 25.0 Å². The molecule has 0 radical (unpaired) electrons. The van der Waals surface area contributed by atoms with E-state index in [1.54, 1.807) is 0 Å². The van der Waals surface area contributed by atoms with Crippen LogP contribution in [0, 0.1) is 5.82 Å². The highest BCUT2D eigenvalue weighted by atomic mass is 35.5. The standard InChI is InChI=1S/C23H24ClF3N2O5/c1-2-15(29-22(32)13-33-17-5-3-14(4-6-17)23(26)27)9-16(30)11-28-21(31)12-34-18-7-8-19(24)20(25)10-18/h2-8,10,15-16,23,30H,1,9,11-13H2,(H,28,31)(H,29,32)/t15?,16-/m0/s1. The first-order chi connectivity index (χ1) is 16.2. The van der Waals surface area contributed by atoms with E-state index in [2.05, 4.69) is 17.2 Å². The lowest BCUT2D eigenvalue weighted by Gasteiger charge is -2.19. The number of hydrogen-bond donors (Lipinski definition) is 3. The fourth-order valence-electron chi connectivity index (χ4n) is 2.70. The van der Waals surface area contributed by atoms with Gasteiger partial charge in [0.1, 0.15) is 17.3 Å². The maximum atomic E-state index is 13.4. The van der Waals surface area contributed by atoms with Crippen molar-refractivity contribution in [1.82, 2.24) is 10.6 Å². The zero-order valence-corrected chi connectivity index (χ0v) is 18.7. The smallest absolute Gasteiger partial charge is 0.263 e. The van der Waals surface area contributed by atoms with Gasteiger partial charge in [-0.25, -0.2) is 13.2 Å². The van der Waals surface area contributed by atoms with Crippen LogP contribution in [-0.2, 0) is 9.59 Å². The van der Waals surface area contributed by atoms with Gasteiger partial charge in [0.2, 0.25) is 0 Å². The number of carbonyl (C=O) groups excluding carboxylic acids is 2. The summed E-state index contributed by atoms with van der Waals surface area (Å²) in [6.07, 6.45) is -2.13. The maximum Gasteiger partial charge on any atom is 0.263 e. The topological polar surface area (TPSA) is 96.9 Å². The quantitative estimate of drug-likeness (QED) is 0.366. The summed E-state index contributed by atoms with van der Waals surface area (Å²) in [6, 6.07) is 8.21. The fraction of sp³-hybridized carbons (Fsp3) is 0.304. The number of rotatable bonds is 13. The summed E-state index contributed by atoms with van der Waals surface area (Å²) in [5.74, 6) is -1.36. The number of ether oxygens (including phenoxy) is 2. The highest BCUT2D eigenvalue weighted by Crippen LogP contribution is 2.21. The van der Waals surface area contributed by atoms with Crippen LogP contribution in [0.3, 0.4) is 0 Å². The van der Waals surface area contributed by atoms with E-state index in [4.69, 9.17) is 21.1 Å². The van der Waals surface area contributed by atoms with E-state index in [0.717, 1.165) is 6.07 Å². The average molecular weight is 501 g/mol. The van der Waals surface area contributed by atoms with Gasteiger partial charge in [0, 0.05) is 24.2 Å². The molecule has 2 rings (SSSR count). The maximum absolute atomic E-state index is 13.4. The summed E-state index contributed by atoms with van der Waals surface area (Å²) in [5, 5.41) is 15.1. The van der Waals surface area contributed by atoms with Crippen LogP contribution < -0.4 is 20.1 Å². The third-order valence-electron chi connectivity index (χ3n) is 4.45. The second-order valence-corrected chi connectivity index (χ2v) is 7.53. The lowest BCUT2D eigenvalue weighted by atomic mass is 10.1. The SMILES string of the molecule is C=CC(C[C@H](O)CNC(=O)COc1ccc(Cl)c(F)c1)NC(=O)COc1ccc(C(F)F)cc1. The molecular weight excluding hydrogens is 477 g/mol. The zero-order chi connectivity index (χ0) is 25.1. The Labute approximate surface area is 199 Å². The Hall–Kier alpha value is -3.24. The van der Waals surface area contributed by atoms with Gasteiger partial charge in [0.15, 0.2) is 13.2 Å². The van der Waals surface area contributed by atoms with Crippen LogP contribution in [-0.4, -0.2) is 48.8 Å². The van der Waals surface area contributed by atoms with Gasteiger partial charge in [-0.1, -0.05) is 17.7 Å². The number of aliphatic hydroxyl groups is 1. The van der Waals surface area contributed by atoms with Crippen molar-refractivity contribution in [1.29, 1.82) is 0 Å². The Kier molecular flexibility index (Phi) is 10.7. The van der Waals surface area contributed by atoms with Crippen molar-refractivity contribution in [2.24, 2.45) is 0 Å². The van der Waals surface area contributed by atoms with Gasteiger partial charge in [-0.3, -0.25) is 9.59 Å². The van der Waals surface area contributed by atoms with Crippen LogP contribution in [0.5, 0.6) is 11.5 Å². The lowest BCUT2D eigenvalue weighted by molar-refractivity contribution is -0.124. The summed E-state index contributed by atoms with van der Waals surface area (Å²) in [6.45, 7) is 2.71. The van der Waals surface area contributed by atoms with Crippen LogP contribution in [0.1, 0.15) is 18.4 Å². The van der Waals surface area contributed by atoms with Gasteiger partial charge in [-0.2, -0.15) is 0 Å². The summed E-state index contributed by atoms with van der Waals surface area (Å²) in [5.41, 5.74) is -0.157. The monoisotopic (exact) mass is 500 g/mol. The van der Waals surface area contributed by atoms with Gasteiger partial charge in [-0.05, 0) is 42.8 Å². The van der Waals surface area contributed by atoms with Gasteiger partial charge < -0.3 is 25.2 Å². The number of halogens is 4. The van der Waals surface area contributed by atoms with Crippen molar-refractivity contribution in [3.63, 3.8) is 0 Å². The normalized spacial score (nSPS) is 12.5. The molecule has 0 bridgehead atoms. The van der Waals surface area contributed by atoms with Crippen molar-refractivity contribution >= 4 is 23.4 Å². The Morgan fingerprint density at radius 3 is 2.29 bits per heavy atom. The van der Waals surface area contributed by atoms with Crippen LogP contribution in [0.15, 0.2) is 55.1 Å². The first kappa shape index (κ1) is 27.0. The number of amides is 2. The molecule has 0 aliphatic carbocycles. The molecule has 0 spiro atoms. The minimum Gasteiger partial charge on any atom is -0.484 e. The summed E-state index contributed by atoms with van der Waals surface area (Å²) in [7, 11) is 0. The third-order valence-corrected chi connectivity index (χ3v) is 4.76. The molecule has 184 valence electrons. The van der Waals surface area contributed by atoms with Gasteiger partial charge in [0.05, 0.1) is 11.1 Å². The number of hydrogen-bond acceptors (Lipinski definition) is 5. The first-order valence-corrected chi connectivity index (χ1v) is 10.5. The minimum absolute atomic E-state index is 0.0574. The molecule has 1 unspecified atom stereocenters. The summed E-state index contributed by atoms with van der Waals surface area (Å²) < 4.78 is 48.9.